The third kappa shape index (κ3) is 3.68. The highest BCUT2D eigenvalue weighted by Crippen LogP contribution is 2.21. The number of nitrogens with zero attached hydrogens (tertiary/aromatic N) is 2. The molecule has 0 radical (unpaired) electrons. The first-order valence-electron chi connectivity index (χ1n) is 6.57. The maximum atomic E-state index is 9.55. The molecule has 0 aliphatic carbocycles. The molecular formula is C15H18ClN3O. The molecule has 0 aliphatic rings. The summed E-state index contributed by atoms with van der Waals surface area (Å²) < 4.78 is 0. The number of hydrogen-bond donors (Lipinski definition) is 2. The van der Waals surface area contributed by atoms with E-state index < -0.39 is 0 Å². The number of nitrogens with one attached hydrogen (secondary N) is 1. The van der Waals surface area contributed by atoms with Crippen LogP contribution in [0.3, 0.4) is 0 Å². The van der Waals surface area contributed by atoms with Crippen LogP contribution in [-0.2, 0) is 0 Å². The van der Waals surface area contributed by atoms with Gasteiger partial charge >= 0.3 is 0 Å². The lowest BCUT2D eigenvalue weighted by Crippen LogP contribution is -2.16. The highest BCUT2D eigenvalue weighted by atomic mass is 35.5. The SMILES string of the molecule is CC(C)c1nc(Cl)cc(NC(CO)c2ccccc2)n1. The lowest BCUT2D eigenvalue weighted by molar-refractivity contribution is 0.276. The van der Waals surface area contributed by atoms with Gasteiger partial charge in [0.15, 0.2) is 0 Å². The van der Waals surface area contributed by atoms with E-state index in [1.807, 2.05) is 44.2 Å². The minimum absolute atomic E-state index is 0.0252. The normalized spacial score (nSPS) is 12.4. The molecule has 2 aromatic rings. The molecule has 0 saturated heterocycles. The van der Waals surface area contributed by atoms with Crippen molar-refractivity contribution in [2.75, 3.05) is 11.9 Å². The Hall–Kier alpha value is -1.65. The highest BCUT2D eigenvalue weighted by molar-refractivity contribution is 6.29. The summed E-state index contributed by atoms with van der Waals surface area (Å²) in [5, 5.41) is 13.1. The molecule has 0 spiro atoms. The molecule has 1 heterocycles. The van der Waals surface area contributed by atoms with E-state index in [4.69, 9.17) is 11.6 Å². The average Bonchev–Trinajstić information content (AvgIpc) is 2.45. The van der Waals surface area contributed by atoms with Gasteiger partial charge in [0, 0.05) is 12.0 Å². The number of hydrogen-bond acceptors (Lipinski definition) is 4. The van der Waals surface area contributed by atoms with Crippen LogP contribution in [0.1, 0.15) is 37.2 Å². The second-order valence-electron chi connectivity index (χ2n) is 4.88. The summed E-state index contributed by atoms with van der Waals surface area (Å²) >= 11 is 6.01. The van der Waals surface area contributed by atoms with E-state index in [0.717, 1.165) is 5.56 Å². The maximum Gasteiger partial charge on any atom is 0.135 e. The molecule has 0 saturated carbocycles. The molecule has 106 valence electrons. The zero-order valence-electron chi connectivity index (χ0n) is 11.5. The summed E-state index contributed by atoms with van der Waals surface area (Å²) in [6.07, 6.45) is 0. The maximum absolute atomic E-state index is 9.55. The Morgan fingerprint density at radius 1 is 1.20 bits per heavy atom. The zero-order chi connectivity index (χ0) is 14.5. The molecule has 1 unspecified atom stereocenters. The zero-order valence-corrected chi connectivity index (χ0v) is 12.3. The van der Waals surface area contributed by atoms with E-state index >= 15 is 0 Å². The van der Waals surface area contributed by atoms with Crippen LogP contribution >= 0.6 is 11.6 Å². The van der Waals surface area contributed by atoms with E-state index in [1.165, 1.54) is 0 Å². The van der Waals surface area contributed by atoms with Crippen molar-refractivity contribution in [3.63, 3.8) is 0 Å². The van der Waals surface area contributed by atoms with Crippen LogP contribution < -0.4 is 5.32 Å². The molecule has 2 rings (SSSR count). The number of benzene rings is 1. The minimum atomic E-state index is -0.220. The number of rotatable bonds is 5. The van der Waals surface area contributed by atoms with E-state index in [0.29, 0.717) is 16.8 Å². The Morgan fingerprint density at radius 2 is 1.90 bits per heavy atom. The Bertz CT molecular complexity index is 560. The van der Waals surface area contributed by atoms with Crippen molar-refractivity contribution in [1.82, 2.24) is 9.97 Å². The lowest BCUT2D eigenvalue weighted by Gasteiger charge is -2.18. The average molecular weight is 292 g/mol. The van der Waals surface area contributed by atoms with Crippen LogP contribution in [0.4, 0.5) is 5.82 Å². The molecule has 0 bridgehead atoms. The van der Waals surface area contributed by atoms with Crippen LogP contribution in [0.25, 0.3) is 0 Å². The Labute approximate surface area is 123 Å². The van der Waals surface area contributed by atoms with Gasteiger partial charge in [0.2, 0.25) is 0 Å². The highest BCUT2D eigenvalue weighted by Gasteiger charge is 2.13. The van der Waals surface area contributed by atoms with Crippen molar-refractivity contribution in [2.45, 2.75) is 25.8 Å². The smallest absolute Gasteiger partial charge is 0.135 e. The van der Waals surface area contributed by atoms with Gasteiger partial charge in [-0.2, -0.15) is 0 Å². The van der Waals surface area contributed by atoms with Crippen LogP contribution in [-0.4, -0.2) is 21.7 Å². The molecule has 1 atom stereocenters. The fourth-order valence-electron chi connectivity index (χ4n) is 1.87. The third-order valence-corrected chi connectivity index (χ3v) is 3.13. The summed E-state index contributed by atoms with van der Waals surface area (Å²) in [6.45, 7) is 4.00. The van der Waals surface area contributed by atoms with Gasteiger partial charge in [-0.05, 0) is 5.56 Å². The van der Waals surface area contributed by atoms with Crippen molar-refractivity contribution in [1.29, 1.82) is 0 Å². The minimum Gasteiger partial charge on any atom is -0.394 e. The number of aromatic nitrogens is 2. The summed E-state index contributed by atoms with van der Waals surface area (Å²) in [4.78, 5) is 8.62. The first-order chi connectivity index (χ1) is 9.60. The summed E-state index contributed by atoms with van der Waals surface area (Å²) in [5.74, 6) is 1.50. The second-order valence-corrected chi connectivity index (χ2v) is 5.27. The van der Waals surface area contributed by atoms with Crippen LogP contribution in [0.15, 0.2) is 36.4 Å². The number of halogens is 1. The van der Waals surface area contributed by atoms with Gasteiger partial charge in [0.05, 0.1) is 12.6 Å². The largest absolute Gasteiger partial charge is 0.394 e. The van der Waals surface area contributed by atoms with Crippen LogP contribution in [0, 0.1) is 0 Å². The second kappa shape index (κ2) is 6.68. The molecule has 1 aromatic heterocycles. The summed E-state index contributed by atoms with van der Waals surface area (Å²) in [5.41, 5.74) is 0.996. The first-order valence-corrected chi connectivity index (χ1v) is 6.94. The predicted octanol–water partition coefficient (Wildman–Crippen LogP) is 3.40. The van der Waals surface area contributed by atoms with Crippen LogP contribution in [0.2, 0.25) is 5.15 Å². The number of anilines is 1. The standard InChI is InChI=1S/C15H18ClN3O/c1-10(2)15-18-13(16)8-14(19-15)17-12(9-20)11-6-4-3-5-7-11/h3-8,10,12,20H,9H2,1-2H3,(H,17,18,19). The van der Waals surface area contributed by atoms with Crippen molar-refractivity contribution in [3.05, 3.63) is 52.9 Å². The third-order valence-electron chi connectivity index (χ3n) is 2.94. The quantitative estimate of drug-likeness (QED) is 0.829. The van der Waals surface area contributed by atoms with Gasteiger partial charge in [-0.25, -0.2) is 9.97 Å². The van der Waals surface area contributed by atoms with Gasteiger partial charge in [-0.15, -0.1) is 0 Å². The molecule has 0 aliphatic heterocycles. The fourth-order valence-corrected chi connectivity index (χ4v) is 2.06. The molecule has 5 heteroatoms. The molecule has 2 N–H and O–H groups in total. The lowest BCUT2D eigenvalue weighted by atomic mass is 10.1. The van der Waals surface area contributed by atoms with Crippen molar-refractivity contribution in [3.8, 4) is 0 Å². The number of aliphatic hydroxyl groups excluding tert-OH is 1. The van der Waals surface area contributed by atoms with Crippen molar-refractivity contribution >= 4 is 17.4 Å². The van der Waals surface area contributed by atoms with E-state index in [-0.39, 0.29) is 18.6 Å². The Morgan fingerprint density at radius 3 is 2.50 bits per heavy atom. The summed E-state index contributed by atoms with van der Waals surface area (Å²) in [7, 11) is 0. The van der Waals surface area contributed by atoms with E-state index in [1.54, 1.807) is 6.07 Å². The topological polar surface area (TPSA) is 58.0 Å². The summed E-state index contributed by atoms with van der Waals surface area (Å²) in [6, 6.07) is 11.2. The molecule has 20 heavy (non-hydrogen) atoms. The van der Waals surface area contributed by atoms with Gasteiger partial charge in [-0.1, -0.05) is 55.8 Å². The van der Waals surface area contributed by atoms with Crippen LogP contribution in [0.5, 0.6) is 0 Å². The molecule has 0 fully saturated rings. The monoisotopic (exact) mass is 291 g/mol. The molecule has 0 amide bonds. The van der Waals surface area contributed by atoms with Gasteiger partial charge < -0.3 is 10.4 Å². The molecule has 4 nitrogen and oxygen atoms in total. The Kier molecular flexibility index (Phi) is 4.93. The Balaban J connectivity index is 2.24. The predicted molar refractivity (Wildman–Crippen MR) is 81.0 cm³/mol. The van der Waals surface area contributed by atoms with Crippen molar-refractivity contribution in [2.24, 2.45) is 0 Å². The van der Waals surface area contributed by atoms with E-state index in [9.17, 15) is 5.11 Å². The van der Waals surface area contributed by atoms with E-state index in [2.05, 4.69) is 15.3 Å². The van der Waals surface area contributed by atoms with Gasteiger partial charge in [0.25, 0.3) is 0 Å². The van der Waals surface area contributed by atoms with Crippen molar-refractivity contribution < 1.29 is 5.11 Å². The van der Waals surface area contributed by atoms with Gasteiger partial charge in [-0.3, -0.25) is 0 Å². The fraction of sp³-hybridized carbons (Fsp3) is 0.333. The number of aliphatic hydroxyl groups is 1. The van der Waals surface area contributed by atoms with Gasteiger partial charge in [0.1, 0.15) is 16.8 Å². The first kappa shape index (κ1) is 14.8. The molecular weight excluding hydrogens is 274 g/mol. The molecule has 1 aromatic carbocycles.